The number of hydrogen-bond donors (Lipinski definition) is 0. The van der Waals surface area contributed by atoms with Crippen LogP contribution in [0.3, 0.4) is 0 Å². The van der Waals surface area contributed by atoms with Gasteiger partial charge in [0.2, 0.25) is 10.0 Å². The van der Waals surface area contributed by atoms with Crippen molar-refractivity contribution in [3.8, 4) is 0 Å². The summed E-state index contributed by atoms with van der Waals surface area (Å²) in [5, 5.41) is 0. The number of hydrogen-bond acceptors (Lipinski definition) is 2. The maximum atomic E-state index is 12.8. The lowest BCUT2D eigenvalue weighted by molar-refractivity contribution is 0.409. The summed E-state index contributed by atoms with van der Waals surface area (Å²) in [5.41, 5.74) is 0.619. The van der Waals surface area contributed by atoms with Crippen molar-refractivity contribution in [3.05, 3.63) is 35.6 Å². The number of halogens is 1. The van der Waals surface area contributed by atoms with Crippen LogP contribution in [0.2, 0.25) is 0 Å². The van der Waals surface area contributed by atoms with Crippen LogP contribution < -0.4 is 0 Å². The number of nitrogens with zero attached hydrogens (tertiary/aromatic N) is 1. The van der Waals surface area contributed by atoms with E-state index >= 15 is 0 Å². The smallest absolute Gasteiger partial charge is 0.212 e. The lowest BCUT2D eigenvalue weighted by atomic mass is 10.2. The minimum absolute atomic E-state index is 0.0622. The van der Waals surface area contributed by atoms with Crippen LogP contribution in [0.15, 0.2) is 24.3 Å². The van der Waals surface area contributed by atoms with Gasteiger partial charge in [-0.1, -0.05) is 26.0 Å². The molecule has 0 unspecified atom stereocenters. The van der Waals surface area contributed by atoms with Crippen LogP contribution in [-0.4, -0.2) is 25.8 Å². The monoisotopic (exact) mass is 273 g/mol. The average molecular weight is 273 g/mol. The summed E-state index contributed by atoms with van der Waals surface area (Å²) in [6, 6.07) is 5.61. The Hall–Kier alpha value is -0.940. The first-order valence-electron chi connectivity index (χ1n) is 6.22. The molecule has 0 atom stereocenters. The van der Waals surface area contributed by atoms with E-state index in [0.717, 1.165) is 12.8 Å². The summed E-state index contributed by atoms with van der Waals surface area (Å²) >= 11 is 0. The predicted molar refractivity (Wildman–Crippen MR) is 71.2 cm³/mol. The van der Waals surface area contributed by atoms with Gasteiger partial charge < -0.3 is 0 Å². The highest BCUT2D eigenvalue weighted by Gasteiger charge is 2.20. The van der Waals surface area contributed by atoms with Crippen molar-refractivity contribution < 1.29 is 12.8 Å². The molecule has 5 heteroatoms. The Balaban J connectivity index is 2.81. The van der Waals surface area contributed by atoms with Crippen LogP contribution in [-0.2, 0) is 15.8 Å². The minimum atomic E-state index is -3.30. The quantitative estimate of drug-likeness (QED) is 0.766. The van der Waals surface area contributed by atoms with Gasteiger partial charge >= 0.3 is 0 Å². The molecule has 0 saturated heterocycles. The number of sulfonamides is 1. The van der Waals surface area contributed by atoms with Gasteiger partial charge in [-0.05, 0) is 30.5 Å². The van der Waals surface area contributed by atoms with Gasteiger partial charge in [0.05, 0.1) is 5.75 Å². The molecule has 0 radical (unpaired) electrons. The van der Waals surface area contributed by atoms with E-state index in [2.05, 4.69) is 0 Å². The molecular formula is C13H20FNO2S. The highest BCUT2D eigenvalue weighted by molar-refractivity contribution is 7.88. The molecule has 102 valence electrons. The third-order valence-electron chi connectivity index (χ3n) is 2.60. The summed E-state index contributed by atoms with van der Waals surface area (Å²) < 4.78 is 38.7. The maximum absolute atomic E-state index is 12.8. The second-order valence-corrected chi connectivity index (χ2v) is 6.25. The van der Waals surface area contributed by atoms with E-state index in [-0.39, 0.29) is 11.6 Å². The molecule has 18 heavy (non-hydrogen) atoms. The van der Waals surface area contributed by atoms with Crippen molar-refractivity contribution in [1.82, 2.24) is 4.31 Å². The van der Waals surface area contributed by atoms with Crippen molar-refractivity contribution in [3.63, 3.8) is 0 Å². The van der Waals surface area contributed by atoms with E-state index in [4.69, 9.17) is 0 Å². The number of rotatable bonds is 7. The molecule has 1 aromatic rings. The van der Waals surface area contributed by atoms with Gasteiger partial charge in [0, 0.05) is 13.1 Å². The first-order valence-corrected chi connectivity index (χ1v) is 7.82. The van der Waals surface area contributed by atoms with Crippen molar-refractivity contribution >= 4 is 10.0 Å². The normalized spacial score (nSPS) is 12.0. The standard InChI is InChI=1S/C13H20FNO2S/c1-3-9-15(10-4-2)18(16,17)11-12-5-7-13(14)8-6-12/h5-8H,3-4,9-11H2,1-2H3. The van der Waals surface area contributed by atoms with Crippen molar-refractivity contribution in [2.75, 3.05) is 13.1 Å². The summed E-state index contributed by atoms with van der Waals surface area (Å²) in [4.78, 5) is 0. The molecule has 0 amide bonds. The number of benzene rings is 1. The third kappa shape index (κ3) is 4.38. The van der Waals surface area contributed by atoms with E-state index in [1.807, 2.05) is 13.8 Å². The van der Waals surface area contributed by atoms with Gasteiger partial charge in [0.1, 0.15) is 5.82 Å². The summed E-state index contributed by atoms with van der Waals surface area (Å²) in [7, 11) is -3.30. The van der Waals surface area contributed by atoms with Crippen LogP contribution in [0.1, 0.15) is 32.3 Å². The van der Waals surface area contributed by atoms with Crippen LogP contribution in [0.25, 0.3) is 0 Å². The highest BCUT2D eigenvalue weighted by atomic mass is 32.2. The van der Waals surface area contributed by atoms with E-state index in [1.165, 1.54) is 28.6 Å². The van der Waals surface area contributed by atoms with Gasteiger partial charge in [-0.3, -0.25) is 0 Å². The lowest BCUT2D eigenvalue weighted by Crippen LogP contribution is -2.33. The summed E-state index contributed by atoms with van der Waals surface area (Å²) in [6.45, 7) is 4.99. The third-order valence-corrected chi connectivity index (χ3v) is 4.45. The fourth-order valence-electron chi connectivity index (χ4n) is 1.77. The molecule has 0 aliphatic heterocycles. The molecule has 1 rings (SSSR count). The highest BCUT2D eigenvalue weighted by Crippen LogP contribution is 2.12. The molecule has 0 N–H and O–H groups in total. The molecule has 0 aliphatic rings. The van der Waals surface area contributed by atoms with Crippen molar-refractivity contribution in [2.45, 2.75) is 32.4 Å². The molecular weight excluding hydrogens is 253 g/mol. The Morgan fingerprint density at radius 3 is 2.00 bits per heavy atom. The molecule has 0 aromatic heterocycles. The SMILES string of the molecule is CCCN(CCC)S(=O)(=O)Cc1ccc(F)cc1. The van der Waals surface area contributed by atoms with Gasteiger partial charge in [0.25, 0.3) is 0 Å². The molecule has 0 spiro atoms. The molecule has 1 aromatic carbocycles. The van der Waals surface area contributed by atoms with Crippen LogP contribution in [0.4, 0.5) is 4.39 Å². The van der Waals surface area contributed by atoms with Crippen molar-refractivity contribution in [2.24, 2.45) is 0 Å². The predicted octanol–water partition coefficient (Wildman–Crippen LogP) is 2.78. The molecule has 0 aliphatic carbocycles. The topological polar surface area (TPSA) is 37.4 Å². The van der Waals surface area contributed by atoms with E-state index in [0.29, 0.717) is 18.7 Å². The van der Waals surface area contributed by atoms with E-state index in [9.17, 15) is 12.8 Å². The van der Waals surface area contributed by atoms with Gasteiger partial charge in [-0.25, -0.2) is 17.1 Å². The maximum Gasteiger partial charge on any atom is 0.218 e. The van der Waals surface area contributed by atoms with Crippen molar-refractivity contribution in [1.29, 1.82) is 0 Å². The fourth-order valence-corrected chi connectivity index (χ4v) is 3.49. The Kier molecular flexibility index (Phi) is 5.75. The molecule has 0 heterocycles. The second-order valence-electron chi connectivity index (χ2n) is 4.28. The zero-order valence-corrected chi connectivity index (χ0v) is 11.7. The minimum Gasteiger partial charge on any atom is -0.212 e. The Labute approximate surface area is 109 Å². The molecule has 0 fully saturated rings. The Morgan fingerprint density at radius 2 is 1.56 bits per heavy atom. The first-order chi connectivity index (χ1) is 8.49. The van der Waals surface area contributed by atoms with Crippen LogP contribution >= 0.6 is 0 Å². The van der Waals surface area contributed by atoms with E-state index in [1.54, 1.807) is 0 Å². The lowest BCUT2D eigenvalue weighted by Gasteiger charge is -2.20. The van der Waals surface area contributed by atoms with Gasteiger partial charge in [-0.15, -0.1) is 0 Å². The Bertz CT molecular complexity index is 450. The first kappa shape index (κ1) is 15.1. The van der Waals surface area contributed by atoms with Crippen LogP contribution in [0, 0.1) is 5.82 Å². The zero-order chi connectivity index (χ0) is 13.6. The van der Waals surface area contributed by atoms with Gasteiger partial charge in [0.15, 0.2) is 0 Å². The molecule has 3 nitrogen and oxygen atoms in total. The summed E-state index contributed by atoms with van der Waals surface area (Å²) in [5.74, 6) is -0.414. The largest absolute Gasteiger partial charge is 0.218 e. The second kappa shape index (κ2) is 6.85. The average Bonchev–Trinajstić information content (AvgIpc) is 2.32. The van der Waals surface area contributed by atoms with E-state index < -0.39 is 10.0 Å². The fraction of sp³-hybridized carbons (Fsp3) is 0.538. The molecule has 0 bridgehead atoms. The molecule has 0 saturated carbocycles. The zero-order valence-electron chi connectivity index (χ0n) is 10.9. The Morgan fingerprint density at radius 1 is 1.06 bits per heavy atom. The summed E-state index contributed by atoms with van der Waals surface area (Å²) in [6.07, 6.45) is 1.59. The van der Waals surface area contributed by atoms with Gasteiger partial charge in [-0.2, -0.15) is 0 Å². The van der Waals surface area contributed by atoms with Crippen LogP contribution in [0.5, 0.6) is 0 Å².